The van der Waals surface area contributed by atoms with Crippen molar-refractivity contribution in [2.24, 2.45) is 5.92 Å². The van der Waals surface area contributed by atoms with Crippen molar-refractivity contribution in [1.82, 2.24) is 9.97 Å². The maximum absolute atomic E-state index is 12.8. The maximum atomic E-state index is 12.8. The van der Waals surface area contributed by atoms with E-state index in [4.69, 9.17) is 0 Å². The van der Waals surface area contributed by atoms with Crippen molar-refractivity contribution in [3.05, 3.63) is 61.5 Å². The van der Waals surface area contributed by atoms with Crippen molar-refractivity contribution < 1.29 is 0 Å². The number of nitriles is 1. The van der Waals surface area contributed by atoms with Gasteiger partial charge in [0.15, 0.2) is 5.82 Å². The Hall–Kier alpha value is -2.71. The van der Waals surface area contributed by atoms with Gasteiger partial charge in [0.1, 0.15) is 10.9 Å². The van der Waals surface area contributed by atoms with E-state index >= 15 is 0 Å². The van der Waals surface area contributed by atoms with Crippen LogP contribution in [0.3, 0.4) is 0 Å². The van der Waals surface area contributed by atoms with Crippen LogP contribution in [0, 0.1) is 31.1 Å². The Bertz CT molecular complexity index is 1180. The molecule has 0 saturated heterocycles. The van der Waals surface area contributed by atoms with E-state index in [-0.39, 0.29) is 5.56 Å². The Morgan fingerprint density at radius 1 is 1.41 bits per heavy atom. The lowest BCUT2D eigenvalue weighted by atomic mass is 9.89. The summed E-state index contributed by atoms with van der Waals surface area (Å²) in [5.41, 5.74) is 4.57. The minimum absolute atomic E-state index is 0.135. The molecule has 1 aliphatic carbocycles. The molecule has 1 aromatic carbocycles. The Morgan fingerprint density at radius 2 is 2.22 bits per heavy atom. The SMILES string of the molecule is Cc1ccc(C)c(C=C(C#N)c2nc3sc4c(c3c(=O)[nH]2)CCC(C)C4)c1. The first-order chi connectivity index (χ1) is 13.0. The molecular weight excluding hydrogens is 354 g/mol. The fourth-order valence-electron chi connectivity index (χ4n) is 3.70. The summed E-state index contributed by atoms with van der Waals surface area (Å²) in [6.45, 7) is 6.28. The van der Waals surface area contributed by atoms with Gasteiger partial charge in [0.2, 0.25) is 0 Å². The molecule has 1 unspecified atom stereocenters. The number of H-pyrrole nitrogens is 1. The number of benzene rings is 1. The molecule has 0 bridgehead atoms. The van der Waals surface area contributed by atoms with Crippen LogP contribution in [0.1, 0.15) is 46.3 Å². The molecule has 0 fully saturated rings. The van der Waals surface area contributed by atoms with Crippen molar-refractivity contribution in [1.29, 1.82) is 5.26 Å². The van der Waals surface area contributed by atoms with E-state index in [0.717, 1.165) is 51.7 Å². The van der Waals surface area contributed by atoms with Gasteiger partial charge >= 0.3 is 0 Å². The first-order valence-electron chi connectivity index (χ1n) is 9.20. The Labute approximate surface area is 162 Å². The predicted octanol–water partition coefficient (Wildman–Crippen LogP) is 4.79. The number of nitrogens with one attached hydrogen (secondary N) is 1. The summed E-state index contributed by atoms with van der Waals surface area (Å²) >= 11 is 1.60. The lowest BCUT2D eigenvalue weighted by Crippen LogP contribution is -2.14. The van der Waals surface area contributed by atoms with E-state index in [2.05, 4.69) is 23.0 Å². The van der Waals surface area contributed by atoms with Crippen molar-refractivity contribution in [2.45, 2.75) is 40.0 Å². The molecule has 0 aliphatic heterocycles. The van der Waals surface area contributed by atoms with Gasteiger partial charge in [-0.2, -0.15) is 5.26 Å². The number of fused-ring (bicyclic) bond motifs is 3. The molecule has 136 valence electrons. The van der Waals surface area contributed by atoms with Gasteiger partial charge in [-0.15, -0.1) is 11.3 Å². The number of aromatic amines is 1. The average Bonchev–Trinajstić information content (AvgIpc) is 3.00. The topological polar surface area (TPSA) is 69.5 Å². The minimum Gasteiger partial charge on any atom is -0.305 e. The summed E-state index contributed by atoms with van der Waals surface area (Å²) in [4.78, 5) is 22.3. The van der Waals surface area contributed by atoms with Crippen LogP contribution in [0.15, 0.2) is 23.0 Å². The van der Waals surface area contributed by atoms with Gasteiger partial charge in [-0.3, -0.25) is 4.79 Å². The number of aryl methyl sites for hydroxylation is 3. The van der Waals surface area contributed by atoms with Crippen LogP contribution in [0.2, 0.25) is 0 Å². The second-order valence-electron chi connectivity index (χ2n) is 7.48. The van der Waals surface area contributed by atoms with Gasteiger partial charge in [-0.05, 0) is 61.8 Å². The highest BCUT2D eigenvalue weighted by Gasteiger charge is 2.23. The van der Waals surface area contributed by atoms with Gasteiger partial charge in [0.25, 0.3) is 5.56 Å². The molecule has 1 aliphatic rings. The first-order valence-corrected chi connectivity index (χ1v) is 10.0. The lowest BCUT2D eigenvalue weighted by molar-refractivity contribution is 0.509. The normalized spacial score (nSPS) is 17.0. The molecule has 0 saturated carbocycles. The van der Waals surface area contributed by atoms with E-state index in [1.54, 1.807) is 11.3 Å². The highest BCUT2D eigenvalue weighted by Crippen LogP contribution is 2.36. The summed E-state index contributed by atoms with van der Waals surface area (Å²) in [5, 5.41) is 10.4. The predicted molar refractivity (Wildman–Crippen MR) is 111 cm³/mol. The number of hydrogen-bond acceptors (Lipinski definition) is 4. The van der Waals surface area contributed by atoms with Gasteiger partial charge < -0.3 is 4.98 Å². The quantitative estimate of drug-likeness (QED) is 0.655. The molecular formula is C22H21N3OS. The molecule has 2 aromatic heterocycles. The van der Waals surface area contributed by atoms with Crippen LogP contribution in [0.5, 0.6) is 0 Å². The Kier molecular flexibility index (Phi) is 4.45. The fraction of sp³-hybridized carbons (Fsp3) is 0.318. The second kappa shape index (κ2) is 6.79. The molecule has 0 amide bonds. The van der Waals surface area contributed by atoms with E-state index < -0.39 is 0 Å². The van der Waals surface area contributed by atoms with Crippen molar-refractivity contribution >= 4 is 33.2 Å². The maximum Gasteiger partial charge on any atom is 0.260 e. The van der Waals surface area contributed by atoms with E-state index in [1.165, 1.54) is 4.88 Å². The monoisotopic (exact) mass is 375 g/mol. The first kappa shape index (κ1) is 17.7. The zero-order valence-electron chi connectivity index (χ0n) is 15.7. The van der Waals surface area contributed by atoms with Crippen molar-refractivity contribution in [2.75, 3.05) is 0 Å². The fourth-order valence-corrected chi connectivity index (χ4v) is 5.08. The smallest absolute Gasteiger partial charge is 0.260 e. The third-order valence-electron chi connectivity index (χ3n) is 5.28. The van der Waals surface area contributed by atoms with E-state index in [0.29, 0.717) is 17.3 Å². The van der Waals surface area contributed by atoms with Crippen LogP contribution in [-0.2, 0) is 12.8 Å². The van der Waals surface area contributed by atoms with Crippen LogP contribution in [0.4, 0.5) is 0 Å². The molecule has 27 heavy (non-hydrogen) atoms. The minimum atomic E-state index is -0.135. The second-order valence-corrected chi connectivity index (χ2v) is 8.56. The highest BCUT2D eigenvalue weighted by molar-refractivity contribution is 7.18. The van der Waals surface area contributed by atoms with Crippen LogP contribution in [-0.4, -0.2) is 9.97 Å². The highest BCUT2D eigenvalue weighted by atomic mass is 32.1. The molecule has 3 aromatic rings. The largest absolute Gasteiger partial charge is 0.305 e. The lowest BCUT2D eigenvalue weighted by Gasteiger charge is -2.17. The number of nitrogens with zero attached hydrogens (tertiary/aromatic N) is 2. The van der Waals surface area contributed by atoms with E-state index in [1.807, 2.05) is 38.1 Å². The van der Waals surface area contributed by atoms with Crippen LogP contribution < -0.4 is 5.56 Å². The third-order valence-corrected chi connectivity index (χ3v) is 6.42. The molecule has 4 nitrogen and oxygen atoms in total. The molecule has 1 N–H and O–H groups in total. The van der Waals surface area contributed by atoms with Gasteiger partial charge in [0.05, 0.1) is 11.0 Å². The number of rotatable bonds is 2. The number of hydrogen-bond donors (Lipinski definition) is 1. The van der Waals surface area contributed by atoms with Crippen LogP contribution in [0.25, 0.3) is 21.9 Å². The van der Waals surface area contributed by atoms with Gasteiger partial charge in [0, 0.05) is 4.88 Å². The Morgan fingerprint density at radius 3 is 3.00 bits per heavy atom. The van der Waals surface area contributed by atoms with Crippen molar-refractivity contribution in [3.63, 3.8) is 0 Å². The zero-order valence-corrected chi connectivity index (χ0v) is 16.5. The average molecular weight is 375 g/mol. The summed E-state index contributed by atoms with van der Waals surface area (Å²) in [6.07, 6.45) is 4.86. The van der Waals surface area contributed by atoms with Gasteiger partial charge in [-0.25, -0.2) is 4.98 Å². The summed E-state index contributed by atoms with van der Waals surface area (Å²) in [7, 11) is 0. The number of thiophene rings is 1. The molecule has 5 heteroatoms. The summed E-state index contributed by atoms with van der Waals surface area (Å²) < 4.78 is 0. The molecule has 0 radical (unpaired) electrons. The molecule has 4 rings (SSSR count). The molecule has 0 spiro atoms. The molecule has 2 heterocycles. The summed E-state index contributed by atoms with van der Waals surface area (Å²) in [6, 6.07) is 8.32. The van der Waals surface area contributed by atoms with Gasteiger partial charge in [-0.1, -0.05) is 30.7 Å². The van der Waals surface area contributed by atoms with E-state index in [9.17, 15) is 10.1 Å². The zero-order chi connectivity index (χ0) is 19.1. The standard InChI is InChI=1S/C22H21N3OS/c1-12-4-6-14(3)15(8-12)10-16(11-23)20-24-21(26)19-17-7-5-13(2)9-18(17)27-22(19)25-20/h4,6,8,10,13H,5,7,9H2,1-3H3,(H,24,25,26). The number of aromatic nitrogens is 2. The third kappa shape index (κ3) is 3.22. The number of allylic oxidation sites excluding steroid dienone is 1. The van der Waals surface area contributed by atoms with Crippen molar-refractivity contribution in [3.8, 4) is 6.07 Å². The van der Waals surface area contributed by atoms with Crippen LogP contribution >= 0.6 is 11.3 Å². The molecule has 1 atom stereocenters. The summed E-state index contributed by atoms with van der Waals surface area (Å²) in [5.74, 6) is 0.991. The Balaban J connectivity index is 1.86.